The van der Waals surface area contributed by atoms with Crippen molar-refractivity contribution in [1.29, 1.82) is 0 Å². The minimum atomic E-state index is 0.935. The van der Waals surface area contributed by atoms with Gasteiger partial charge in [0, 0.05) is 6.61 Å². The summed E-state index contributed by atoms with van der Waals surface area (Å²) >= 11 is 0. The average molecular weight is 284 g/mol. The Balaban J connectivity index is 2.89. The maximum atomic E-state index is 5.57. The molecule has 0 unspecified atom stereocenters. The first kappa shape index (κ1) is 20.0. The maximum absolute atomic E-state index is 5.57. The third-order valence-electron chi connectivity index (χ3n) is 3.91. The molecule has 121 valence electrons. The van der Waals surface area contributed by atoms with Crippen LogP contribution < -0.4 is 0 Å². The van der Waals surface area contributed by atoms with E-state index >= 15 is 0 Å². The van der Waals surface area contributed by atoms with Crippen LogP contribution in [0, 0.1) is 6.61 Å². The fourth-order valence-electron chi connectivity index (χ4n) is 2.49. The monoisotopic (exact) mass is 283 g/mol. The lowest BCUT2D eigenvalue weighted by molar-refractivity contribution is 0.183. The molecule has 0 aliphatic heterocycles. The molecule has 0 bridgehead atoms. The molecule has 20 heavy (non-hydrogen) atoms. The van der Waals surface area contributed by atoms with Gasteiger partial charge in [0.25, 0.3) is 0 Å². The summed E-state index contributed by atoms with van der Waals surface area (Å²) in [6.07, 6.45) is 20.4. The average Bonchev–Trinajstić information content (AvgIpc) is 2.47. The number of hydrogen-bond donors (Lipinski definition) is 0. The molecule has 0 heterocycles. The number of ether oxygens (including phenoxy) is 1. The first-order chi connectivity index (χ1) is 9.91. The van der Waals surface area contributed by atoms with E-state index in [0.717, 1.165) is 13.0 Å². The molecule has 1 radical (unpaired) electrons. The van der Waals surface area contributed by atoms with Gasteiger partial charge in [-0.1, -0.05) is 97.3 Å². The van der Waals surface area contributed by atoms with E-state index in [1.807, 2.05) is 6.61 Å². The van der Waals surface area contributed by atoms with Crippen LogP contribution in [0.3, 0.4) is 0 Å². The summed E-state index contributed by atoms with van der Waals surface area (Å²) in [4.78, 5) is 0. The molecule has 0 saturated heterocycles. The Bertz CT molecular complexity index is 138. The van der Waals surface area contributed by atoms with E-state index in [-0.39, 0.29) is 0 Å². The highest BCUT2D eigenvalue weighted by atomic mass is 16.5. The SMILES string of the molecule is CCCCCCC[CH]OCCCCCCCCCCC. The molecular weight excluding hydrogens is 244 g/mol. The van der Waals surface area contributed by atoms with Gasteiger partial charge in [-0.15, -0.1) is 0 Å². The highest BCUT2D eigenvalue weighted by Crippen LogP contribution is 2.10. The van der Waals surface area contributed by atoms with Gasteiger partial charge >= 0.3 is 0 Å². The van der Waals surface area contributed by atoms with Crippen molar-refractivity contribution in [2.75, 3.05) is 6.61 Å². The van der Waals surface area contributed by atoms with Gasteiger partial charge in [-0.05, 0) is 12.8 Å². The number of rotatable bonds is 17. The lowest BCUT2D eigenvalue weighted by Gasteiger charge is -2.04. The predicted molar refractivity (Wildman–Crippen MR) is 90.9 cm³/mol. The third kappa shape index (κ3) is 18.0. The second-order valence-corrected chi connectivity index (χ2v) is 6.07. The molecule has 0 aromatic heterocycles. The van der Waals surface area contributed by atoms with Gasteiger partial charge in [0.15, 0.2) is 0 Å². The van der Waals surface area contributed by atoms with E-state index in [0.29, 0.717) is 0 Å². The van der Waals surface area contributed by atoms with Crippen LogP contribution in [-0.4, -0.2) is 6.61 Å². The Kier molecular flexibility index (Phi) is 18.9. The Morgan fingerprint density at radius 2 is 1.00 bits per heavy atom. The van der Waals surface area contributed by atoms with Crippen LogP contribution in [0.5, 0.6) is 0 Å². The van der Waals surface area contributed by atoms with Crippen LogP contribution in [-0.2, 0) is 4.74 Å². The van der Waals surface area contributed by atoms with Crippen molar-refractivity contribution in [2.45, 2.75) is 110 Å². The fourth-order valence-corrected chi connectivity index (χ4v) is 2.49. The van der Waals surface area contributed by atoms with Crippen molar-refractivity contribution in [3.63, 3.8) is 0 Å². The lowest BCUT2D eigenvalue weighted by Crippen LogP contribution is -1.92. The first-order valence-corrected chi connectivity index (χ1v) is 9.35. The summed E-state index contributed by atoms with van der Waals surface area (Å²) in [6.45, 7) is 7.52. The van der Waals surface area contributed by atoms with Crippen molar-refractivity contribution in [2.24, 2.45) is 0 Å². The van der Waals surface area contributed by atoms with E-state index in [2.05, 4.69) is 13.8 Å². The van der Waals surface area contributed by atoms with Gasteiger partial charge in [0.1, 0.15) is 0 Å². The second kappa shape index (κ2) is 19.0. The standard InChI is InChI=1S/C19H39O/c1-3-5-7-9-11-12-13-15-17-19-20-18-16-14-10-8-6-4-2/h18H,3-17,19H2,1-2H3. The molecule has 0 N–H and O–H groups in total. The quantitative estimate of drug-likeness (QED) is 0.260. The smallest absolute Gasteiger partial charge is 0.0836 e. The van der Waals surface area contributed by atoms with Crippen LogP contribution >= 0.6 is 0 Å². The Morgan fingerprint density at radius 1 is 0.550 bits per heavy atom. The molecule has 0 atom stereocenters. The molecule has 1 nitrogen and oxygen atoms in total. The molecule has 0 rings (SSSR count). The maximum Gasteiger partial charge on any atom is 0.0836 e. The zero-order valence-corrected chi connectivity index (χ0v) is 14.3. The predicted octanol–water partition coefficient (Wildman–Crippen LogP) is 7.06. The van der Waals surface area contributed by atoms with Gasteiger partial charge in [-0.2, -0.15) is 0 Å². The molecule has 0 amide bonds. The summed E-state index contributed by atoms with van der Waals surface area (Å²) in [7, 11) is 0. The van der Waals surface area contributed by atoms with E-state index in [9.17, 15) is 0 Å². The van der Waals surface area contributed by atoms with Gasteiger partial charge in [0.05, 0.1) is 6.61 Å². The van der Waals surface area contributed by atoms with Crippen LogP contribution in [0.15, 0.2) is 0 Å². The summed E-state index contributed by atoms with van der Waals surface area (Å²) < 4.78 is 5.57. The highest BCUT2D eigenvalue weighted by Gasteiger charge is 1.94. The van der Waals surface area contributed by atoms with Gasteiger partial charge in [0.2, 0.25) is 0 Å². The molecule has 0 saturated carbocycles. The van der Waals surface area contributed by atoms with Crippen molar-refractivity contribution in [3.8, 4) is 0 Å². The van der Waals surface area contributed by atoms with E-state index < -0.39 is 0 Å². The van der Waals surface area contributed by atoms with Gasteiger partial charge in [-0.25, -0.2) is 0 Å². The van der Waals surface area contributed by atoms with Crippen LogP contribution in [0.2, 0.25) is 0 Å². The Hall–Kier alpha value is -0.0400. The third-order valence-corrected chi connectivity index (χ3v) is 3.91. The minimum absolute atomic E-state index is 0.935. The van der Waals surface area contributed by atoms with Crippen LogP contribution in [0.25, 0.3) is 0 Å². The van der Waals surface area contributed by atoms with Gasteiger partial charge < -0.3 is 4.74 Å². The van der Waals surface area contributed by atoms with Crippen LogP contribution in [0.4, 0.5) is 0 Å². The normalized spacial score (nSPS) is 11.1. The lowest BCUT2D eigenvalue weighted by atomic mass is 10.1. The summed E-state index contributed by atoms with van der Waals surface area (Å²) in [5.41, 5.74) is 0. The van der Waals surface area contributed by atoms with Crippen molar-refractivity contribution < 1.29 is 4.74 Å². The highest BCUT2D eigenvalue weighted by molar-refractivity contribution is 4.53. The fraction of sp³-hybridized carbons (Fsp3) is 0.947. The molecule has 0 aliphatic rings. The topological polar surface area (TPSA) is 9.23 Å². The molecule has 1 heteroatoms. The van der Waals surface area contributed by atoms with Crippen molar-refractivity contribution in [1.82, 2.24) is 0 Å². The first-order valence-electron chi connectivity index (χ1n) is 9.35. The van der Waals surface area contributed by atoms with Gasteiger partial charge in [-0.3, -0.25) is 0 Å². The van der Waals surface area contributed by atoms with E-state index in [4.69, 9.17) is 4.74 Å². The molecule has 0 fully saturated rings. The number of unbranched alkanes of at least 4 members (excludes halogenated alkanes) is 13. The molecule has 0 aromatic rings. The molecule has 0 aliphatic carbocycles. The molecule has 0 aromatic carbocycles. The zero-order chi connectivity index (χ0) is 14.7. The largest absolute Gasteiger partial charge is 0.376 e. The summed E-state index contributed by atoms with van der Waals surface area (Å²) in [5, 5.41) is 0. The van der Waals surface area contributed by atoms with Crippen molar-refractivity contribution >= 4 is 0 Å². The molecule has 0 spiro atoms. The zero-order valence-electron chi connectivity index (χ0n) is 14.3. The minimum Gasteiger partial charge on any atom is -0.376 e. The van der Waals surface area contributed by atoms with Crippen LogP contribution in [0.1, 0.15) is 110 Å². The molecular formula is C19H39O. The summed E-state index contributed by atoms with van der Waals surface area (Å²) in [5.74, 6) is 0. The Labute approximate surface area is 128 Å². The van der Waals surface area contributed by atoms with Crippen molar-refractivity contribution in [3.05, 3.63) is 6.61 Å². The summed E-state index contributed by atoms with van der Waals surface area (Å²) in [6, 6.07) is 0. The van der Waals surface area contributed by atoms with E-state index in [1.165, 1.54) is 89.9 Å². The number of hydrogen-bond acceptors (Lipinski definition) is 1. The van der Waals surface area contributed by atoms with E-state index in [1.54, 1.807) is 0 Å². The Morgan fingerprint density at radius 3 is 1.55 bits per heavy atom. The second-order valence-electron chi connectivity index (χ2n) is 6.07.